The number of nitrogens with zero attached hydrogens (tertiary/aromatic N) is 3. The standard InChI is InChI=1S/C14H17N3O/c1-17(9-11-3-2-6-15-8-11)10-13-7-14(18-16-13)12-4-5-12/h2-3,6-8,12H,4-5,9-10H2,1H3. The van der Waals surface area contributed by atoms with E-state index in [1.165, 1.54) is 18.4 Å². The van der Waals surface area contributed by atoms with E-state index in [1.54, 1.807) is 6.20 Å². The molecule has 0 saturated heterocycles. The van der Waals surface area contributed by atoms with Crippen LogP contribution in [0.3, 0.4) is 0 Å². The SMILES string of the molecule is CN(Cc1cccnc1)Cc1cc(C2CC2)on1. The van der Waals surface area contributed by atoms with Gasteiger partial charge >= 0.3 is 0 Å². The summed E-state index contributed by atoms with van der Waals surface area (Å²) in [6.07, 6.45) is 6.19. The minimum absolute atomic E-state index is 0.634. The summed E-state index contributed by atoms with van der Waals surface area (Å²) in [5.41, 5.74) is 2.23. The van der Waals surface area contributed by atoms with Crippen LogP contribution in [-0.4, -0.2) is 22.1 Å². The fraction of sp³-hybridized carbons (Fsp3) is 0.429. The third-order valence-corrected chi connectivity index (χ3v) is 3.16. The molecule has 1 saturated carbocycles. The van der Waals surface area contributed by atoms with E-state index in [-0.39, 0.29) is 0 Å². The molecule has 0 radical (unpaired) electrons. The fourth-order valence-electron chi connectivity index (χ4n) is 2.10. The van der Waals surface area contributed by atoms with Gasteiger partial charge in [0.25, 0.3) is 0 Å². The summed E-state index contributed by atoms with van der Waals surface area (Å²) in [5, 5.41) is 4.13. The van der Waals surface area contributed by atoms with E-state index >= 15 is 0 Å². The highest BCUT2D eigenvalue weighted by Gasteiger charge is 2.27. The van der Waals surface area contributed by atoms with Gasteiger partial charge in [0, 0.05) is 37.5 Å². The molecule has 0 bridgehead atoms. The zero-order valence-electron chi connectivity index (χ0n) is 10.5. The molecule has 0 aromatic carbocycles. The highest BCUT2D eigenvalue weighted by Crippen LogP contribution is 2.40. The number of pyridine rings is 1. The van der Waals surface area contributed by atoms with Gasteiger partial charge in [-0.25, -0.2) is 0 Å². The van der Waals surface area contributed by atoms with E-state index in [0.29, 0.717) is 5.92 Å². The first-order valence-electron chi connectivity index (χ1n) is 6.34. The van der Waals surface area contributed by atoms with E-state index in [4.69, 9.17) is 4.52 Å². The Balaban J connectivity index is 1.58. The van der Waals surface area contributed by atoms with Gasteiger partial charge in [-0.3, -0.25) is 9.88 Å². The van der Waals surface area contributed by atoms with E-state index in [2.05, 4.69) is 34.2 Å². The predicted molar refractivity (Wildman–Crippen MR) is 67.9 cm³/mol. The van der Waals surface area contributed by atoms with Crippen molar-refractivity contribution in [3.05, 3.63) is 47.6 Å². The van der Waals surface area contributed by atoms with Crippen LogP contribution in [-0.2, 0) is 13.1 Å². The number of rotatable bonds is 5. The molecule has 0 unspecified atom stereocenters. The van der Waals surface area contributed by atoms with Crippen LogP contribution in [0.1, 0.15) is 35.8 Å². The van der Waals surface area contributed by atoms with Gasteiger partial charge in [0.05, 0.1) is 5.69 Å². The summed E-state index contributed by atoms with van der Waals surface area (Å²) < 4.78 is 5.35. The van der Waals surface area contributed by atoms with Gasteiger partial charge in [-0.2, -0.15) is 0 Å². The number of hydrogen-bond acceptors (Lipinski definition) is 4. The molecule has 2 heterocycles. The fourth-order valence-corrected chi connectivity index (χ4v) is 2.10. The summed E-state index contributed by atoms with van der Waals surface area (Å²) >= 11 is 0. The van der Waals surface area contributed by atoms with Gasteiger partial charge in [0.2, 0.25) is 0 Å². The van der Waals surface area contributed by atoms with E-state index in [9.17, 15) is 0 Å². The topological polar surface area (TPSA) is 42.2 Å². The molecule has 2 aromatic rings. The lowest BCUT2D eigenvalue weighted by Crippen LogP contribution is -2.17. The quantitative estimate of drug-likeness (QED) is 0.809. The van der Waals surface area contributed by atoms with Crippen molar-refractivity contribution in [3.8, 4) is 0 Å². The molecule has 1 fully saturated rings. The molecule has 18 heavy (non-hydrogen) atoms. The second-order valence-electron chi connectivity index (χ2n) is 5.03. The lowest BCUT2D eigenvalue weighted by atomic mass is 10.2. The van der Waals surface area contributed by atoms with Crippen molar-refractivity contribution in [3.63, 3.8) is 0 Å². The Morgan fingerprint density at radius 1 is 1.39 bits per heavy atom. The molecule has 4 heteroatoms. The molecule has 94 valence electrons. The Bertz CT molecular complexity index is 505. The van der Waals surface area contributed by atoms with Crippen molar-refractivity contribution < 1.29 is 4.52 Å². The van der Waals surface area contributed by atoms with Crippen molar-refractivity contribution in [2.45, 2.75) is 31.8 Å². The van der Waals surface area contributed by atoms with Gasteiger partial charge in [-0.05, 0) is 31.5 Å². The zero-order chi connectivity index (χ0) is 12.4. The molecule has 0 spiro atoms. The molecule has 3 rings (SSSR count). The average Bonchev–Trinajstić information content (AvgIpc) is 3.12. The van der Waals surface area contributed by atoms with E-state index in [0.717, 1.165) is 24.5 Å². The number of aromatic nitrogens is 2. The van der Waals surface area contributed by atoms with Crippen molar-refractivity contribution in [1.29, 1.82) is 0 Å². The Hall–Kier alpha value is -1.68. The predicted octanol–water partition coefficient (Wildman–Crippen LogP) is 2.58. The Morgan fingerprint density at radius 2 is 2.28 bits per heavy atom. The second-order valence-corrected chi connectivity index (χ2v) is 5.03. The molecular formula is C14H17N3O. The highest BCUT2D eigenvalue weighted by molar-refractivity contribution is 5.14. The van der Waals surface area contributed by atoms with Crippen molar-refractivity contribution in [2.24, 2.45) is 0 Å². The maximum atomic E-state index is 5.35. The third kappa shape index (κ3) is 2.76. The van der Waals surface area contributed by atoms with Gasteiger partial charge in [0.1, 0.15) is 5.76 Å². The molecule has 2 aromatic heterocycles. The van der Waals surface area contributed by atoms with Crippen molar-refractivity contribution in [1.82, 2.24) is 15.0 Å². The maximum Gasteiger partial charge on any atom is 0.140 e. The average molecular weight is 243 g/mol. The first kappa shape index (κ1) is 11.4. The van der Waals surface area contributed by atoms with Gasteiger partial charge in [0.15, 0.2) is 0 Å². The molecule has 0 atom stereocenters. The van der Waals surface area contributed by atoms with Gasteiger partial charge in [-0.1, -0.05) is 11.2 Å². The minimum Gasteiger partial charge on any atom is -0.361 e. The number of hydrogen-bond donors (Lipinski definition) is 0. The van der Waals surface area contributed by atoms with Crippen LogP contribution in [0.2, 0.25) is 0 Å². The Kier molecular flexibility index (Phi) is 3.11. The highest BCUT2D eigenvalue weighted by atomic mass is 16.5. The summed E-state index contributed by atoms with van der Waals surface area (Å²) in [7, 11) is 2.08. The first-order valence-corrected chi connectivity index (χ1v) is 6.34. The summed E-state index contributed by atoms with van der Waals surface area (Å²) in [6.45, 7) is 1.69. The van der Waals surface area contributed by atoms with Crippen LogP contribution >= 0.6 is 0 Å². The summed E-state index contributed by atoms with van der Waals surface area (Å²) in [6, 6.07) is 6.14. The normalized spacial score (nSPS) is 15.2. The second kappa shape index (κ2) is 4.90. The Morgan fingerprint density at radius 3 is 3.00 bits per heavy atom. The lowest BCUT2D eigenvalue weighted by Gasteiger charge is -2.14. The third-order valence-electron chi connectivity index (χ3n) is 3.16. The van der Waals surface area contributed by atoms with Crippen LogP contribution in [0.4, 0.5) is 0 Å². The monoisotopic (exact) mass is 243 g/mol. The lowest BCUT2D eigenvalue weighted by molar-refractivity contribution is 0.300. The zero-order valence-corrected chi connectivity index (χ0v) is 10.5. The smallest absolute Gasteiger partial charge is 0.140 e. The van der Waals surface area contributed by atoms with Crippen LogP contribution in [0.15, 0.2) is 35.1 Å². The van der Waals surface area contributed by atoms with Crippen LogP contribution in [0.25, 0.3) is 0 Å². The first-order chi connectivity index (χ1) is 8.81. The van der Waals surface area contributed by atoms with Crippen LogP contribution in [0.5, 0.6) is 0 Å². The molecule has 1 aliphatic rings. The van der Waals surface area contributed by atoms with Crippen molar-refractivity contribution >= 4 is 0 Å². The molecule has 0 amide bonds. The van der Waals surface area contributed by atoms with E-state index < -0.39 is 0 Å². The van der Waals surface area contributed by atoms with Crippen LogP contribution in [0, 0.1) is 0 Å². The Labute approximate surface area is 107 Å². The molecule has 4 nitrogen and oxygen atoms in total. The van der Waals surface area contributed by atoms with Crippen LogP contribution < -0.4 is 0 Å². The summed E-state index contributed by atoms with van der Waals surface area (Å²) in [5.74, 6) is 1.69. The molecule has 0 N–H and O–H groups in total. The van der Waals surface area contributed by atoms with E-state index in [1.807, 2.05) is 12.3 Å². The minimum atomic E-state index is 0.634. The maximum absolute atomic E-state index is 5.35. The molecular weight excluding hydrogens is 226 g/mol. The molecule has 1 aliphatic carbocycles. The summed E-state index contributed by atoms with van der Waals surface area (Å²) in [4.78, 5) is 6.33. The molecule has 0 aliphatic heterocycles. The largest absolute Gasteiger partial charge is 0.361 e. The van der Waals surface area contributed by atoms with Crippen molar-refractivity contribution in [2.75, 3.05) is 7.05 Å². The van der Waals surface area contributed by atoms with Gasteiger partial charge < -0.3 is 4.52 Å². The van der Waals surface area contributed by atoms with Gasteiger partial charge in [-0.15, -0.1) is 0 Å².